The van der Waals surface area contributed by atoms with Gasteiger partial charge in [0.2, 0.25) is 0 Å². The second-order valence-electron chi connectivity index (χ2n) is 4.04. The number of aliphatic carboxylic acids is 1. The average Bonchev–Trinajstić information content (AvgIpc) is 3.00. The minimum absolute atomic E-state index is 0.0498. The molecule has 0 aliphatic heterocycles. The largest absolute Gasteiger partial charge is 0.481 e. The van der Waals surface area contributed by atoms with Gasteiger partial charge in [-0.3, -0.25) is 4.79 Å². The van der Waals surface area contributed by atoms with Crippen molar-refractivity contribution in [2.75, 3.05) is 0 Å². The van der Waals surface area contributed by atoms with E-state index in [2.05, 4.69) is 0 Å². The molecule has 1 aromatic carbocycles. The summed E-state index contributed by atoms with van der Waals surface area (Å²) < 4.78 is 26.3. The standard InChI is InChI=1S/C11H11F2NO2/c12-5-1-2-9(13)8(3-5)10(14)6-4-7(6)11(15)16/h1-3,6-7,10H,4,14H2,(H,15,16). The normalized spacial score (nSPS) is 25.2. The lowest BCUT2D eigenvalue weighted by atomic mass is 10.0. The van der Waals surface area contributed by atoms with Crippen molar-refractivity contribution in [3.63, 3.8) is 0 Å². The Labute approximate surface area is 90.9 Å². The summed E-state index contributed by atoms with van der Waals surface area (Å²) in [6, 6.07) is 2.28. The molecule has 0 radical (unpaired) electrons. The molecule has 3 unspecified atom stereocenters. The summed E-state index contributed by atoms with van der Waals surface area (Å²) in [5.74, 6) is -2.92. The van der Waals surface area contributed by atoms with Crippen LogP contribution in [-0.4, -0.2) is 11.1 Å². The highest BCUT2D eigenvalue weighted by molar-refractivity contribution is 5.73. The lowest BCUT2D eigenvalue weighted by Crippen LogP contribution is -2.17. The summed E-state index contributed by atoms with van der Waals surface area (Å²) in [6.45, 7) is 0. The maximum absolute atomic E-state index is 13.3. The number of benzene rings is 1. The summed E-state index contributed by atoms with van der Waals surface area (Å²) in [5.41, 5.74) is 5.78. The minimum atomic E-state index is -0.933. The summed E-state index contributed by atoms with van der Waals surface area (Å²) >= 11 is 0. The van der Waals surface area contributed by atoms with Crippen molar-refractivity contribution in [3.05, 3.63) is 35.4 Å². The van der Waals surface area contributed by atoms with Gasteiger partial charge < -0.3 is 10.8 Å². The van der Waals surface area contributed by atoms with Gasteiger partial charge in [-0.1, -0.05) is 0 Å². The molecule has 5 heteroatoms. The Morgan fingerprint density at radius 2 is 2.19 bits per heavy atom. The Morgan fingerprint density at radius 1 is 1.50 bits per heavy atom. The second kappa shape index (κ2) is 3.83. The number of halogens is 2. The van der Waals surface area contributed by atoms with Gasteiger partial charge in [0.15, 0.2) is 0 Å². The van der Waals surface area contributed by atoms with Crippen molar-refractivity contribution >= 4 is 5.97 Å². The van der Waals surface area contributed by atoms with Crippen LogP contribution >= 0.6 is 0 Å². The van der Waals surface area contributed by atoms with Crippen molar-refractivity contribution in [2.24, 2.45) is 17.6 Å². The molecule has 0 heterocycles. The van der Waals surface area contributed by atoms with E-state index >= 15 is 0 Å². The quantitative estimate of drug-likeness (QED) is 0.825. The number of rotatable bonds is 3. The van der Waals surface area contributed by atoms with Gasteiger partial charge in [-0.15, -0.1) is 0 Å². The molecular weight excluding hydrogens is 216 g/mol. The van der Waals surface area contributed by atoms with Crippen LogP contribution in [0, 0.1) is 23.5 Å². The second-order valence-corrected chi connectivity index (χ2v) is 4.04. The van der Waals surface area contributed by atoms with Gasteiger partial charge in [0.25, 0.3) is 0 Å². The molecule has 1 saturated carbocycles. The zero-order chi connectivity index (χ0) is 11.9. The van der Waals surface area contributed by atoms with Crippen molar-refractivity contribution in [2.45, 2.75) is 12.5 Å². The van der Waals surface area contributed by atoms with Crippen LogP contribution in [0.2, 0.25) is 0 Å². The molecule has 0 saturated heterocycles. The zero-order valence-electron chi connectivity index (χ0n) is 8.36. The van der Waals surface area contributed by atoms with E-state index in [1.807, 2.05) is 0 Å². The number of nitrogens with two attached hydrogens (primary N) is 1. The first-order valence-corrected chi connectivity index (χ1v) is 4.94. The van der Waals surface area contributed by atoms with Gasteiger partial charge in [-0.25, -0.2) is 8.78 Å². The van der Waals surface area contributed by atoms with Crippen LogP contribution in [0.5, 0.6) is 0 Å². The van der Waals surface area contributed by atoms with E-state index in [-0.39, 0.29) is 11.5 Å². The fraction of sp³-hybridized carbons (Fsp3) is 0.364. The van der Waals surface area contributed by atoms with Crippen LogP contribution in [-0.2, 0) is 4.79 Å². The van der Waals surface area contributed by atoms with Crippen LogP contribution in [0.15, 0.2) is 18.2 Å². The fourth-order valence-electron chi connectivity index (χ4n) is 1.90. The molecule has 1 aromatic rings. The SMILES string of the molecule is NC(c1cc(F)ccc1F)C1CC1C(=O)O. The van der Waals surface area contributed by atoms with Gasteiger partial charge in [0, 0.05) is 11.6 Å². The van der Waals surface area contributed by atoms with Gasteiger partial charge in [0.1, 0.15) is 11.6 Å². The van der Waals surface area contributed by atoms with E-state index < -0.39 is 29.6 Å². The van der Waals surface area contributed by atoms with Gasteiger partial charge in [0.05, 0.1) is 5.92 Å². The first-order valence-electron chi connectivity index (χ1n) is 4.94. The maximum Gasteiger partial charge on any atom is 0.306 e. The average molecular weight is 227 g/mol. The van der Waals surface area contributed by atoms with E-state index in [4.69, 9.17) is 10.8 Å². The molecule has 1 fully saturated rings. The Kier molecular flexibility index (Phi) is 2.63. The molecule has 1 aliphatic carbocycles. The Balaban J connectivity index is 2.19. The Bertz CT molecular complexity index is 436. The molecule has 3 N–H and O–H groups in total. The molecule has 0 bridgehead atoms. The van der Waals surface area contributed by atoms with Crippen molar-refractivity contribution < 1.29 is 18.7 Å². The Morgan fingerprint density at radius 3 is 2.75 bits per heavy atom. The van der Waals surface area contributed by atoms with Gasteiger partial charge in [-0.2, -0.15) is 0 Å². The smallest absolute Gasteiger partial charge is 0.306 e. The number of hydrogen-bond acceptors (Lipinski definition) is 2. The molecule has 1 aliphatic rings. The van der Waals surface area contributed by atoms with Crippen LogP contribution in [0.3, 0.4) is 0 Å². The molecule has 86 valence electrons. The third-order valence-electron chi connectivity index (χ3n) is 2.94. The number of carbonyl (C=O) groups is 1. The lowest BCUT2D eigenvalue weighted by Gasteiger charge is -2.12. The van der Waals surface area contributed by atoms with Crippen molar-refractivity contribution in [1.29, 1.82) is 0 Å². The molecule has 3 atom stereocenters. The maximum atomic E-state index is 13.3. The summed E-state index contributed by atoms with van der Waals surface area (Å²) in [7, 11) is 0. The number of hydrogen-bond donors (Lipinski definition) is 2. The highest BCUT2D eigenvalue weighted by Gasteiger charge is 2.47. The van der Waals surface area contributed by atoms with Crippen LogP contribution in [0.4, 0.5) is 8.78 Å². The molecule has 2 rings (SSSR count). The first-order chi connectivity index (χ1) is 7.50. The van der Waals surface area contributed by atoms with E-state index in [9.17, 15) is 13.6 Å². The molecule has 0 spiro atoms. The van der Waals surface area contributed by atoms with Crippen molar-refractivity contribution in [3.8, 4) is 0 Å². The predicted molar refractivity (Wildman–Crippen MR) is 52.5 cm³/mol. The first kappa shape index (κ1) is 11.0. The number of carboxylic acids is 1. The monoisotopic (exact) mass is 227 g/mol. The molecular formula is C11H11F2NO2. The highest BCUT2D eigenvalue weighted by Crippen LogP contribution is 2.46. The zero-order valence-corrected chi connectivity index (χ0v) is 8.36. The summed E-state index contributed by atoms with van der Waals surface area (Å²) in [5, 5.41) is 8.72. The number of carboxylic acid groups (broad SMARTS) is 1. The van der Waals surface area contributed by atoms with Crippen LogP contribution < -0.4 is 5.73 Å². The predicted octanol–water partition coefficient (Wildman–Crippen LogP) is 1.69. The highest BCUT2D eigenvalue weighted by atomic mass is 19.1. The topological polar surface area (TPSA) is 63.3 Å². The van der Waals surface area contributed by atoms with Gasteiger partial charge >= 0.3 is 5.97 Å². The van der Waals surface area contributed by atoms with Gasteiger partial charge in [-0.05, 0) is 30.5 Å². The molecule has 0 amide bonds. The Hall–Kier alpha value is -1.49. The fourth-order valence-corrected chi connectivity index (χ4v) is 1.90. The molecule has 0 aromatic heterocycles. The molecule has 16 heavy (non-hydrogen) atoms. The third-order valence-corrected chi connectivity index (χ3v) is 2.94. The molecule has 3 nitrogen and oxygen atoms in total. The third kappa shape index (κ3) is 1.90. The summed E-state index contributed by atoms with van der Waals surface area (Å²) in [6.07, 6.45) is 0.423. The van der Waals surface area contributed by atoms with E-state index in [0.29, 0.717) is 6.42 Å². The van der Waals surface area contributed by atoms with Crippen LogP contribution in [0.1, 0.15) is 18.0 Å². The van der Waals surface area contributed by atoms with Crippen LogP contribution in [0.25, 0.3) is 0 Å². The van der Waals surface area contributed by atoms with E-state index in [0.717, 1.165) is 18.2 Å². The van der Waals surface area contributed by atoms with E-state index in [1.165, 1.54) is 0 Å². The minimum Gasteiger partial charge on any atom is -0.481 e. The van der Waals surface area contributed by atoms with E-state index in [1.54, 1.807) is 0 Å². The lowest BCUT2D eigenvalue weighted by molar-refractivity contribution is -0.138. The van der Waals surface area contributed by atoms with Crippen molar-refractivity contribution in [1.82, 2.24) is 0 Å². The summed E-state index contributed by atoms with van der Waals surface area (Å²) in [4.78, 5) is 10.6.